The molecular formula is C21H16Cl2N2O3. The van der Waals surface area contributed by atoms with Gasteiger partial charge in [0.25, 0.3) is 5.91 Å². The summed E-state index contributed by atoms with van der Waals surface area (Å²) >= 11 is 12.4. The Morgan fingerprint density at radius 3 is 2.25 bits per heavy atom. The van der Waals surface area contributed by atoms with Crippen molar-refractivity contribution < 1.29 is 14.3 Å². The van der Waals surface area contributed by atoms with Crippen LogP contribution in [0.1, 0.15) is 15.9 Å². The van der Waals surface area contributed by atoms with Crippen LogP contribution >= 0.6 is 23.2 Å². The van der Waals surface area contributed by atoms with Crippen molar-refractivity contribution in [2.75, 3.05) is 5.32 Å². The minimum Gasteiger partial charge on any atom is -0.425 e. The first-order valence-corrected chi connectivity index (χ1v) is 9.09. The van der Waals surface area contributed by atoms with Gasteiger partial charge in [0.15, 0.2) is 0 Å². The van der Waals surface area contributed by atoms with Gasteiger partial charge < -0.3 is 15.8 Å². The molecule has 0 spiro atoms. The van der Waals surface area contributed by atoms with Gasteiger partial charge in [0.2, 0.25) is 0 Å². The highest BCUT2D eigenvalue weighted by atomic mass is 35.5. The van der Waals surface area contributed by atoms with E-state index in [1.165, 1.54) is 12.1 Å². The van der Waals surface area contributed by atoms with Crippen molar-refractivity contribution in [2.45, 2.75) is 6.42 Å². The van der Waals surface area contributed by atoms with Gasteiger partial charge in [-0.25, -0.2) is 0 Å². The van der Waals surface area contributed by atoms with E-state index in [9.17, 15) is 9.59 Å². The molecule has 5 nitrogen and oxygen atoms in total. The maximum absolute atomic E-state index is 12.4. The number of esters is 1. The molecule has 142 valence electrons. The third kappa shape index (κ3) is 4.63. The number of primary amides is 1. The first-order chi connectivity index (χ1) is 13.5. The molecule has 1 amide bonds. The lowest BCUT2D eigenvalue weighted by Crippen LogP contribution is -2.17. The summed E-state index contributed by atoms with van der Waals surface area (Å²) in [6.45, 7) is 0. The highest BCUT2D eigenvalue weighted by Gasteiger charge is 2.15. The third-order valence-corrected chi connectivity index (χ3v) is 4.58. The molecule has 0 saturated carbocycles. The summed E-state index contributed by atoms with van der Waals surface area (Å²) < 4.78 is 5.34. The second-order valence-corrected chi connectivity index (χ2v) is 6.70. The van der Waals surface area contributed by atoms with E-state index in [-0.39, 0.29) is 17.7 Å². The number of benzene rings is 3. The third-order valence-electron chi connectivity index (χ3n) is 3.95. The summed E-state index contributed by atoms with van der Waals surface area (Å²) in [5, 5.41) is 4.08. The fourth-order valence-corrected chi connectivity index (χ4v) is 3.11. The Morgan fingerprint density at radius 2 is 1.54 bits per heavy atom. The number of amides is 1. The van der Waals surface area contributed by atoms with Crippen molar-refractivity contribution in [3.8, 4) is 5.75 Å². The van der Waals surface area contributed by atoms with Gasteiger partial charge in [-0.15, -0.1) is 0 Å². The van der Waals surface area contributed by atoms with Gasteiger partial charge in [-0.1, -0.05) is 59.6 Å². The van der Waals surface area contributed by atoms with E-state index in [1.807, 2.05) is 6.07 Å². The number of rotatable bonds is 6. The van der Waals surface area contributed by atoms with Crippen LogP contribution in [0.3, 0.4) is 0 Å². The Bertz CT molecular complexity index is 1020. The van der Waals surface area contributed by atoms with Crippen molar-refractivity contribution in [1.82, 2.24) is 0 Å². The van der Waals surface area contributed by atoms with Gasteiger partial charge in [0.05, 0.1) is 27.7 Å². The van der Waals surface area contributed by atoms with E-state index in [0.717, 1.165) is 0 Å². The number of para-hydroxylation sites is 3. The average molecular weight is 415 g/mol. The summed E-state index contributed by atoms with van der Waals surface area (Å²) in [6.07, 6.45) is -0.0294. The number of halogens is 2. The quantitative estimate of drug-likeness (QED) is 0.439. The molecule has 28 heavy (non-hydrogen) atoms. The molecule has 0 heterocycles. The van der Waals surface area contributed by atoms with Crippen molar-refractivity contribution in [1.29, 1.82) is 0 Å². The molecule has 0 aromatic heterocycles. The number of nitrogens with two attached hydrogens (primary N) is 1. The van der Waals surface area contributed by atoms with Crippen molar-refractivity contribution in [3.63, 3.8) is 0 Å². The highest BCUT2D eigenvalue weighted by molar-refractivity contribution is 6.39. The molecule has 0 unspecified atom stereocenters. The molecule has 0 aliphatic heterocycles. The lowest BCUT2D eigenvalue weighted by atomic mass is 10.1. The molecule has 3 aromatic carbocycles. The second-order valence-electron chi connectivity index (χ2n) is 5.89. The highest BCUT2D eigenvalue weighted by Crippen LogP contribution is 2.33. The summed E-state index contributed by atoms with van der Waals surface area (Å²) in [4.78, 5) is 23.9. The van der Waals surface area contributed by atoms with Gasteiger partial charge in [-0.2, -0.15) is 0 Å². The minimum atomic E-state index is -0.668. The molecule has 3 N–H and O–H groups in total. The SMILES string of the molecule is NC(=O)c1ccccc1OC(=O)Cc1ccccc1Nc1c(Cl)cccc1Cl. The predicted octanol–water partition coefficient (Wildman–Crippen LogP) is 4.98. The number of nitrogens with one attached hydrogen (secondary N) is 1. The van der Waals surface area contributed by atoms with Crippen molar-refractivity contribution >= 4 is 46.5 Å². The van der Waals surface area contributed by atoms with Gasteiger partial charge >= 0.3 is 5.97 Å². The second kappa shape index (κ2) is 8.78. The molecule has 0 aliphatic rings. The predicted molar refractivity (Wildman–Crippen MR) is 110 cm³/mol. The molecule has 0 aliphatic carbocycles. The molecule has 0 atom stereocenters. The lowest BCUT2D eigenvalue weighted by molar-refractivity contribution is -0.133. The zero-order valence-electron chi connectivity index (χ0n) is 14.6. The Labute approximate surface area is 172 Å². The van der Waals surface area contributed by atoms with Crippen LogP contribution < -0.4 is 15.8 Å². The lowest BCUT2D eigenvalue weighted by Gasteiger charge is -2.14. The number of carbonyl (C=O) groups excluding carboxylic acids is 2. The summed E-state index contributed by atoms with van der Waals surface area (Å²) in [6, 6.07) is 18.7. The molecule has 3 aromatic rings. The molecule has 0 radical (unpaired) electrons. The Hall–Kier alpha value is -3.02. The van der Waals surface area contributed by atoms with E-state index in [1.54, 1.807) is 48.5 Å². The van der Waals surface area contributed by atoms with E-state index in [0.29, 0.717) is 27.0 Å². The van der Waals surface area contributed by atoms with Crippen molar-refractivity contribution in [2.24, 2.45) is 5.73 Å². The fraction of sp³-hybridized carbons (Fsp3) is 0.0476. The molecular weight excluding hydrogens is 399 g/mol. The molecule has 0 fully saturated rings. The molecule has 0 saturated heterocycles. The standard InChI is InChI=1S/C21H16Cl2N2O3/c22-15-8-5-9-16(23)20(15)25-17-10-3-1-6-13(17)12-19(26)28-18-11-4-2-7-14(18)21(24)27/h1-11,25H,12H2,(H2,24,27). The van der Waals surface area contributed by atoms with Crippen LogP contribution in [-0.2, 0) is 11.2 Å². The van der Waals surface area contributed by atoms with E-state index < -0.39 is 11.9 Å². The zero-order valence-corrected chi connectivity index (χ0v) is 16.1. The van der Waals surface area contributed by atoms with Crippen LogP contribution in [0.2, 0.25) is 10.0 Å². The fourth-order valence-electron chi connectivity index (χ4n) is 2.62. The van der Waals surface area contributed by atoms with Gasteiger partial charge in [-0.05, 0) is 35.9 Å². The first-order valence-electron chi connectivity index (χ1n) is 8.34. The minimum absolute atomic E-state index is 0.0294. The largest absolute Gasteiger partial charge is 0.425 e. The van der Waals surface area contributed by atoms with Gasteiger partial charge in [-0.3, -0.25) is 9.59 Å². The normalized spacial score (nSPS) is 10.4. The summed E-state index contributed by atoms with van der Waals surface area (Å²) in [5.41, 5.74) is 7.35. The Kier molecular flexibility index (Phi) is 6.19. The van der Waals surface area contributed by atoms with Gasteiger partial charge in [0, 0.05) is 5.69 Å². The molecule has 3 rings (SSSR count). The maximum Gasteiger partial charge on any atom is 0.315 e. The van der Waals surface area contributed by atoms with Crippen molar-refractivity contribution in [3.05, 3.63) is 87.9 Å². The van der Waals surface area contributed by atoms with E-state index >= 15 is 0 Å². The van der Waals surface area contributed by atoms with Gasteiger partial charge in [0.1, 0.15) is 5.75 Å². The summed E-state index contributed by atoms with van der Waals surface area (Å²) in [5.74, 6) is -1.08. The smallest absolute Gasteiger partial charge is 0.315 e. The van der Waals surface area contributed by atoms with Crippen LogP contribution in [0.25, 0.3) is 0 Å². The number of ether oxygens (including phenoxy) is 1. The first kappa shape index (κ1) is 19.7. The number of hydrogen-bond donors (Lipinski definition) is 2. The van der Waals surface area contributed by atoms with Crippen LogP contribution in [0.15, 0.2) is 66.7 Å². The Morgan fingerprint density at radius 1 is 0.893 bits per heavy atom. The molecule has 7 heteroatoms. The van der Waals surface area contributed by atoms with E-state index in [2.05, 4.69) is 5.32 Å². The van der Waals surface area contributed by atoms with Crippen LogP contribution in [-0.4, -0.2) is 11.9 Å². The monoisotopic (exact) mass is 414 g/mol. The Balaban J connectivity index is 1.80. The maximum atomic E-state index is 12.4. The number of anilines is 2. The topological polar surface area (TPSA) is 81.4 Å². The van der Waals surface area contributed by atoms with Crippen LogP contribution in [0.5, 0.6) is 5.75 Å². The average Bonchev–Trinajstić information content (AvgIpc) is 2.66. The summed E-state index contributed by atoms with van der Waals surface area (Å²) in [7, 11) is 0. The van der Waals surface area contributed by atoms with E-state index in [4.69, 9.17) is 33.7 Å². The number of carbonyl (C=O) groups is 2. The van der Waals surface area contributed by atoms with Crippen LogP contribution in [0.4, 0.5) is 11.4 Å². The zero-order chi connectivity index (χ0) is 20.1. The van der Waals surface area contributed by atoms with Crippen LogP contribution in [0, 0.1) is 0 Å². The molecule has 0 bridgehead atoms. The number of hydrogen-bond acceptors (Lipinski definition) is 4.